The zero-order valence-electron chi connectivity index (χ0n) is 14.4. The van der Waals surface area contributed by atoms with E-state index in [1.54, 1.807) is 13.0 Å². The number of carbonyl (C=O) groups excluding carboxylic acids is 2. The fourth-order valence-electron chi connectivity index (χ4n) is 2.23. The summed E-state index contributed by atoms with van der Waals surface area (Å²) < 4.78 is 4.97. The third-order valence-electron chi connectivity index (χ3n) is 4.20. The smallest absolute Gasteiger partial charge is 0.342 e. The molecule has 0 saturated carbocycles. The molecule has 6 nitrogen and oxygen atoms in total. The van der Waals surface area contributed by atoms with Gasteiger partial charge < -0.3 is 15.2 Å². The Bertz CT molecular complexity index is 854. The SMILES string of the molecule is CC(C)[C@@](C)(C#N)NC(=O)COC(=O)c1cc2ccccc2cc1O. The van der Waals surface area contributed by atoms with Crippen LogP contribution in [-0.2, 0) is 9.53 Å². The van der Waals surface area contributed by atoms with Gasteiger partial charge in [-0.2, -0.15) is 5.26 Å². The number of phenolic OH excluding ortho intramolecular Hbond substituents is 1. The Morgan fingerprint density at radius 3 is 2.44 bits per heavy atom. The van der Waals surface area contributed by atoms with Crippen molar-refractivity contribution in [2.75, 3.05) is 6.61 Å². The number of fused-ring (bicyclic) bond motifs is 1. The molecule has 1 amide bonds. The Labute approximate surface area is 146 Å². The van der Waals surface area contributed by atoms with E-state index in [4.69, 9.17) is 4.74 Å². The Balaban J connectivity index is 2.07. The molecule has 0 fully saturated rings. The first kappa shape index (κ1) is 18.3. The maximum atomic E-state index is 12.2. The van der Waals surface area contributed by atoms with Crippen molar-refractivity contribution in [2.45, 2.75) is 26.3 Å². The standard InChI is InChI=1S/C19H20N2O4/c1-12(2)19(3,11-20)21-17(23)10-25-18(24)15-8-13-6-4-5-7-14(13)9-16(15)22/h4-9,12,22H,10H2,1-3H3,(H,21,23)/t19-/m1/s1. The summed E-state index contributed by atoms with van der Waals surface area (Å²) in [6.45, 7) is 4.69. The molecule has 6 heteroatoms. The van der Waals surface area contributed by atoms with Crippen LogP contribution in [0.25, 0.3) is 10.8 Å². The van der Waals surface area contributed by atoms with Gasteiger partial charge in [0.2, 0.25) is 0 Å². The Morgan fingerprint density at radius 1 is 1.28 bits per heavy atom. The van der Waals surface area contributed by atoms with Crippen LogP contribution < -0.4 is 5.32 Å². The van der Waals surface area contributed by atoms with Crippen molar-refractivity contribution in [3.63, 3.8) is 0 Å². The zero-order chi connectivity index (χ0) is 18.6. The highest BCUT2D eigenvalue weighted by Crippen LogP contribution is 2.25. The van der Waals surface area contributed by atoms with Gasteiger partial charge in [-0.1, -0.05) is 38.1 Å². The van der Waals surface area contributed by atoms with Crippen LogP contribution in [0.5, 0.6) is 5.75 Å². The number of rotatable bonds is 5. The predicted octanol–water partition coefficient (Wildman–Crippen LogP) is 2.76. The first-order chi connectivity index (χ1) is 11.8. The van der Waals surface area contributed by atoms with Crippen molar-refractivity contribution in [3.05, 3.63) is 42.0 Å². The number of nitriles is 1. The van der Waals surface area contributed by atoms with Crippen LogP contribution >= 0.6 is 0 Å². The third-order valence-corrected chi connectivity index (χ3v) is 4.20. The molecule has 2 N–H and O–H groups in total. The molecule has 0 aromatic heterocycles. The number of hydrogen-bond donors (Lipinski definition) is 2. The monoisotopic (exact) mass is 340 g/mol. The Morgan fingerprint density at radius 2 is 1.88 bits per heavy atom. The first-order valence-corrected chi connectivity index (χ1v) is 7.88. The van der Waals surface area contributed by atoms with E-state index in [1.807, 2.05) is 38.1 Å². The van der Waals surface area contributed by atoms with Crippen LogP contribution in [0.3, 0.4) is 0 Å². The Hall–Kier alpha value is -3.07. The molecular weight excluding hydrogens is 320 g/mol. The van der Waals surface area contributed by atoms with Gasteiger partial charge in [0.1, 0.15) is 16.9 Å². The molecule has 0 radical (unpaired) electrons. The minimum Gasteiger partial charge on any atom is -0.507 e. The second kappa shape index (κ2) is 7.22. The van der Waals surface area contributed by atoms with Crippen LogP contribution in [0.15, 0.2) is 36.4 Å². The molecule has 0 spiro atoms. The zero-order valence-corrected chi connectivity index (χ0v) is 14.4. The lowest BCUT2D eigenvalue weighted by atomic mass is 9.90. The van der Waals surface area contributed by atoms with Gasteiger partial charge in [-0.3, -0.25) is 4.79 Å². The maximum Gasteiger partial charge on any atom is 0.342 e. The number of nitrogens with one attached hydrogen (secondary N) is 1. The molecule has 130 valence electrons. The van der Waals surface area contributed by atoms with E-state index in [0.717, 1.165) is 10.8 Å². The van der Waals surface area contributed by atoms with Gasteiger partial charge in [-0.25, -0.2) is 4.79 Å². The van der Waals surface area contributed by atoms with Crippen LogP contribution in [-0.4, -0.2) is 29.1 Å². The van der Waals surface area contributed by atoms with Gasteiger partial charge in [0.25, 0.3) is 5.91 Å². The minimum absolute atomic E-state index is 0.0154. The van der Waals surface area contributed by atoms with Crippen LogP contribution in [0.4, 0.5) is 0 Å². The molecule has 0 saturated heterocycles. The van der Waals surface area contributed by atoms with E-state index in [0.29, 0.717) is 0 Å². The summed E-state index contributed by atoms with van der Waals surface area (Å²) in [5.74, 6) is -1.71. The summed E-state index contributed by atoms with van der Waals surface area (Å²) in [6.07, 6.45) is 0. The number of carbonyl (C=O) groups is 2. The normalized spacial score (nSPS) is 13.1. The summed E-state index contributed by atoms with van der Waals surface area (Å²) in [4.78, 5) is 24.1. The van der Waals surface area contributed by atoms with Crippen LogP contribution in [0.2, 0.25) is 0 Å². The average molecular weight is 340 g/mol. The van der Waals surface area contributed by atoms with Gasteiger partial charge in [-0.15, -0.1) is 0 Å². The van der Waals surface area contributed by atoms with E-state index < -0.39 is 24.0 Å². The lowest BCUT2D eigenvalue weighted by molar-refractivity contribution is -0.125. The average Bonchev–Trinajstić information content (AvgIpc) is 2.58. The maximum absolute atomic E-state index is 12.2. The molecule has 0 unspecified atom stereocenters. The largest absolute Gasteiger partial charge is 0.507 e. The predicted molar refractivity (Wildman–Crippen MR) is 92.9 cm³/mol. The fraction of sp³-hybridized carbons (Fsp3) is 0.316. The van der Waals surface area contributed by atoms with E-state index in [-0.39, 0.29) is 17.2 Å². The summed E-state index contributed by atoms with van der Waals surface area (Å²) in [6, 6.07) is 12.3. The van der Waals surface area contributed by atoms with Gasteiger partial charge in [0.15, 0.2) is 6.61 Å². The number of ether oxygens (including phenoxy) is 1. The van der Waals surface area contributed by atoms with E-state index in [9.17, 15) is 20.0 Å². The van der Waals surface area contributed by atoms with E-state index in [2.05, 4.69) is 5.32 Å². The quantitative estimate of drug-likeness (QED) is 0.815. The number of phenols is 1. The highest BCUT2D eigenvalue weighted by atomic mass is 16.5. The highest BCUT2D eigenvalue weighted by molar-refractivity contribution is 5.99. The Kier molecular flexibility index (Phi) is 5.28. The molecule has 0 aliphatic rings. The molecule has 2 rings (SSSR count). The summed E-state index contributed by atoms with van der Waals surface area (Å²) >= 11 is 0. The van der Waals surface area contributed by atoms with Crippen molar-refractivity contribution in [3.8, 4) is 11.8 Å². The summed E-state index contributed by atoms with van der Waals surface area (Å²) in [7, 11) is 0. The topological polar surface area (TPSA) is 99.4 Å². The molecule has 0 bridgehead atoms. The molecule has 0 heterocycles. The van der Waals surface area contributed by atoms with Crippen LogP contribution in [0, 0.1) is 17.2 Å². The highest BCUT2D eigenvalue weighted by Gasteiger charge is 2.30. The molecule has 2 aromatic rings. The van der Waals surface area contributed by atoms with E-state index in [1.165, 1.54) is 12.1 Å². The first-order valence-electron chi connectivity index (χ1n) is 7.88. The van der Waals surface area contributed by atoms with Crippen LogP contribution in [0.1, 0.15) is 31.1 Å². The van der Waals surface area contributed by atoms with Gasteiger partial charge in [0.05, 0.1) is 6.07 Å². The van der Waals surface area contributed by atoms with Crippen molar-refractivity contribution in [1.82, 2.24) is 5.32 Å². The van der Waals surface area contributed by atoms with Crippen molar-refractivity contribution in [1.29, 1.82) is 5.26 Å². The van der Waals surface area contributed by atoms with Crippen molar-refractivity contribution >= 4 is 22.6 Å². The van der Waals surface area contributed by atoms with Gasteiger partial charge in [-0.05, 0) is 35.7 Å². The van der Waals surface area contributed by atoms with Crippen molar-refractivity contribution in [2.24, 2.45) is 5.92 Å². The molecule has 0 aliphatic carbocycles. The minimum atomic E-state index is -1.05. The number of hydrogen-bond acceptors (Lipinski definition) is 5. The molecule has 25 heavy (non-hydrogen) atoms. The lowest BCUT2D eigenvalue weighted by Crippen LogP contribution is -2.50. The molecule has 0 aliphatic heterocycles. The number of amides is 1. The van der Waals surface area contributed by atoms with Crippen molar-refractivity contribution < 1.29 is 19.4 Å². The summed E-state index contributed by atoms with van der Waals surface area (Å²) in [5, 5.41) is 23.3. The molecule has 2 aromatic carbocycles. The number of benzene rings is 2. The molecule has 1 atom stereocenters. The number of aromatic hydroxyl groups is 1. The van der Waals surface area contributed by atoms with Gasteiger partial charge >= 0.3 is 5.97 Å². The summed E-state index contributed by atoms with van der Waals surface area (Å²) in [5.41, 5.74) is -1.06. The third kappa shape index (κ3) is 4.07. The lowest BCUT2D eigenvalue weighted by Gasteiger charge is -2.27. The van der Waals surface area contributed by atoms with E-state index >= 15 is 0 Å². The number of nitrogens with zero attached hydrogens (tertiary/aromatic N) is 1. The number of esters is 1. The second-order valence-corrected chi connectivity index (χ2v) is 6.31. The van der Waals surface area contributed by atoms with Gasteiger partial charge in [0, 0.05) is 0 Å². The second-order valence-electron chi connectivity index (χ2n) is 6.31. The fourth-order valence-corrected chi connectivity index (χ4v) is 2.23. The molecular formula is C19H20N2O4.